The van der Waals surface area contributed by atoms with E-state index in [0.29, 0.717) is 15.5 Å². The molecule has 104 valence electrons. The van der Waals surface area contributed by atoms with Crippen LogP contribution in [0.1, 0.15) is 18.6 Å². The number of hydrogen-bond donors (Lipinski definition) is 1. The van der Waals surface area contributed by atoms with Crippen molar-refractivity contribution in [3.8, 4) is 0 Å². The Hall–Kier alpha value is -1.44. The highest BCUT2D eigenvalue weighted by atomic mass is 79.9. The van der Waals surface area contributed by atoms with Gasteiger partial charge < -0.3 is 5.11 Å². The van der Waals surface area contributed by atoms with Gasteiger partial charge in [-0.15, -0.1) is 0 Å². The third kappa shape index (κ3) is 3.56. The number of pyridine rings is 1. The minimum Gasteiger partial charge on any atom is -0.389 e. The standard InChI is InChI=1S/C13H11BrN2O3S/c1-8(17)9-2-4-12(11(6-9)16(18)19)20-13-5-3-10(14)7-15-13/h2-8,17H,1H3. The smallest absolute Gasteiger partial charge is 0.283 e. The van der Waals surface area contributed by atoms with Crippen LogP contribution in [0.4, 0.5) is 5.69 Å². The fraction of sp³-hybridized carbons (Fsp3) is 0.154. The molecule has 5 nitrogen and oxygen atoms in total. The van der Waals surface area contributed by atoms with Crippen molar-refractivity contribution in [2.24, 2.45) is 0 Å². The summed E-state index contributed by atoms with van der Waals surface area (Å²) in [4.78, 5) is 15.3. The van der Waals surface area contributed by atoms with Crippen molar-refractivity contribution in [1.82, 2.24) is 4.98 Å². The van der Waals surface area contributed by atoms with Crippen molar-refractivity contribution in [2.75, 3.05) is 0 Å². The lowest BCUT2D eigenvalue weighted by atomic mass is 10.1. The molecule has 1 aromatic carbocycles. The van der Waals surface area contributed by atoms with Crippen LogP contribution in [-0.4, -0.2) is 15.0 Å². The van der Waals surface area contributed by atoms with E-state index in [-0.39, 0.29) is 5.69 Å². The Morgan fingerprint density at radius 3 is 2.70 bits per heavy atom. The van der Waals surface area contributed by atoms with Gasteiger partial charge in [-0.2, -0.15) is 0 Å². The van der Waals surface area contributed by atoms with E-state index in [0.717, 1.165) is 4.47 Å². The number of halogens is 1. The van der Waals surface area contributed by atoms with Gasteiger partial charge in [-0.1, -0.05) is 17.8 Å². The lowest BCUT2D eigenvalue weighted by Gasteiger charge is -2.07. The molecule has 1 heterocycles. The molecule has 1 atom stereocenters. The van der Waals surface area contributed by atoms with Crippen LogP contribution in [0.15, 0.2) is 50.9 Å². The summed E-state index contributed by atoms with van der Waals surface area (Å²) in [5.41, 5.74) is 0.489. The van der Waals surface area contributed by atoms with Crippen LogP contribution in [0.5, 0.6) is 0 Å². The van der Waals surface area contributed by atoms with Crippen molar-refractivity contribution in [2.45, 2.75) is 22.9 Å². The number of benzene rings is 1. The molecule has 0 saturated carbocycles. The maximum atomic E-state index is 11.1. The minimum absolute atomic E-state index is 0.0295. The topological polar surface area (TPSA) is 76.3 Å². The van der Waals surface area contributed by atoms with Gasteiger partial charge >= 0.3 is 0 Å². The van der Waals surface area contributed by atoms with Gasteiger partial charge in [0, 0.05) is 16.7 Å². The molecule has 0 radical (unpaired) electrons. The highest BCUT2D eigenvalue weighted by Crippen LogP contribution is 2.35. The molecule has 2 rings (SSSR count). The number of nitro groups is 1. The fourth-order valence-electron chi connectivity index (χ4n) is 1.56. The van der Waals surface area contributed by atoms with E-state index in [1.165, 1.54) is 17.8 Å². The van der Waals surface area contributed by atoms with E-state index < -0.39 is 11.0 Å². The van der Waals surface area contributed by atoms with Crippen LogP contribution >= 0.6 is 27.7 Å². The van der Waals surface area contributed by atoms with Gasteiger partial charge in [0.15, 0.2) is 0 Å². The summed E-state index contributed by atoms with van der Waals surface area (Å²) < 4.78 is 0.848. The molecule has 0 amide bonds. The number of nitro benzene ring substituents is 1. The van der Waals surface area contributed by atoms with Crippen LogP contribution in [0.2, 0.25) is 0 Å². The lowest BCUT2D eigenvalue weighted by molar-refractivity contribution is -0.387. The first kappa shape index (κ1) is 15.0. The van der Waals surface area contributed by atoms with Gasteiger partial charge in [-0.3, -0.25) is 10.1 Å². The van der Waals surface area contributed by atoms with Crippen LogP contribution in [0.3, 0.4) is 0 Å². The Balaban J connectivity index is 2.35. The number of aromatic nitrogens is 1. The molecule has 7 heteroatoms. The molecule has 0 aliphatic rings. The Morgan fingerprint density at radius 2 is 2.15 bits per heavy atom. The molecule has 20 heavy (non-hydrogen) atoms. The van der Waals surface area contributed by atoms with E-state index in [4.69, 9.17) is 0 Å². The fourth-order valence-corrected chi connectivity index (χ4v) is 2.63. The van der Waals surface area contributed by atoms with Crippen molar-refractivity contribution in [3.05, 3.63) is 56.7 Å². The Kier molecular flexibility index (Phi) is 4.74. The molecule has 0 saturated heterocycles. The average molecular weight is 355 g/mol. The first-order valence-electron chi connectivity index (χ1n) is 5.73. The summed E-state index contributed by atoms with van der Waals surface area (Å²) in [6.45, 7) is 1.57. The molecule has 0 spiro atoms. The zero-order chi connectivity index (χ0) is 14.7. The lowest BCUT2D eigenvalue weighted by Crippen LogP contribution is -1.96. The van der Waals surface area contributed by atoms with Crippen LogP contribution in [-0.2, 0) is 0 Å². The van der Waals surface area contributed by atoms with E-state index in [2.05, 4.69) is 20.9 Å². The van der Waals surface area contributed by atoms with E-state index >= 15 is 0 Å². The SMILES string of the molecule is CC(O)c1ccc(Sc2ccc(Br)cn2)c([N+](=O)[O-])c1. The molecule has 0 aliphatic heterocycles. The molecule has 0 aliphatic carbocycles. The second-order valence-corrected chi connectivity index (χ2v) is 6.05. The molecule has 2 aromatic rings. The molecule has 0 fully saturated rings. The Bertz CT molecular complexity index is 632. The van der Waals surface area contributed by atoms with Crippen molar-refractivity contribution >= 4 is 33.4 Å². The summed E-state index contributed by atoms with van der Waals surface area (Å²) in [5.74, 6) is 0. The highest BCUT2D eigenvalue weighted by Gasteiger charge is 2.17. The van der Waals surface area contributed by atoms with Gasteiger partial charge in [0.25, 0.3) is 5.69 Å². The first-order chi connectivity index (χ1) is 9.47. The summed E-state index contributed by atoms with van der Waals surface area (Å²) in [5, 5.41) is 21.3. The molecular formula is C13H11BrN2O3S. The third-order valence-electron chi connectivity index (χ3n) is 2.58. The van der Waals surface area contributed by atoms with Gasteiger partial charge in [-0.05, 0) is 46.6 Å². The molecule has 1 aromatic heterocycles. The summed E-state index contributed by atoms with van der Waals surface area (Å²) in [7, 11) is 0. The predicted octanol–water partition coefficient (Wildman–Crippen LogP) is 3.96. The van der Waals surface area contributed by atoms with Crippen LogP contribution in [0.25, 0.3) is 0 Å². The minimum atomic E-state index is -0.737. The van der Waals surface area contributed by atoms with Gasteiger partial charge in [0.05, 0.1) is 15.9 Å². The van der Waals surface area contributed by atoms with Gasteiger partial charge in [-0.25, -0.2) is 4.98 Å². The normalized spacial score (nSPS) is 12.2. The quantitative estimate of drug-likeness (QED) is 0.664. The van der Waals surface area contributed by atoms with Gasteiger partial charge in [0.2, 0.25) is 0 Å². The number of aliphatic hydroxyl groups excluding tert-OH is 1. The maximum Gasteiger partial charge on any atom is 0.283 e. The number of nitrogens with zero attached hydrogens (tertiary/aromatic N) is 2. The summed E-state index contributed by atoms with van der Waals surface area (Å²) in [6, 6.07) is 8.31. The number of rotatable bonds is 4. The summed E-state index contributed by atoms with van der Waals surface area (Å²) >= 11 is 4.50. The zero-order valence-corrected chi connectivity index (χ0v) is 12.9. The second kappa shape index (κ2) is 6.34. The highest BCUT2D eigenvalue weighted by molar-refractivity contribution is 9.10. The molecule has 1 N–H and O–H groups in total. The number of hydrogen-bond acceptors (Lipinski definition) is 5. The first-order valence-corrected chi connectivity index (χ1v) is 7.34. The maximum absolute atomic E-state index is 11.1. The molecule has 0 bridgehead atoms. The molecular weight excluding hydrogens is 344 g/mol. The zero-order valence-electron chi connectivity index (χ0n) is 10.5. The predicted molar refractivity (Wildman–Crippen MR) is 79.8 cm³/mol. The van der Waals surface area contributed by atoms with Gasteiger partial charge in [0.1, 0.15) is 5.03 Å². The monoisotopic (exact) mass is 354 g/mol. The van der Waals surface area contributed by atoms with Crippen LogP contribution in [0, 0.1) is 10.1 Å². The molecule has 1 unspecified atom stereocenters. The van der Waals surface area contributed by atoms with E-state index in [1.54, 1.807) is 31.3 Å². The van der Waals surface area contributed by atoms with Crippen molar-refractivity contribution < 1.29 is 10.0 Å². The Morgan fingerprint density at radius 1 is 1.40 bits per heavy atom. The summed E-state index contributed by atoms with van der Waals surface area (Å²) in [6.07, 6.45) is 0.900. The average Bonchev–Trinajstić information content (AvgIpc) is 2.41. The van der Waals surface area contributed by atoms with Crippen molar-refractivity contribution in [1.29, 1.82) is 0 Å². The second-order valence-electron chi connectivity index (χ2n) is 4.08. The van der Waals surface area contributed by atoms with Crippen LogP contribution < -0.4 is 0 Å². The number of aliphatic hydroxyl groups is 1. The van der Waals surface area contributed by atoms with E-state index in [9.17, 15) is 15.2 Å². The third-order valence-corrected chi connectivity index (χ3v) is 4.06. The van der Waals surface area contributed by atoms with Crippen molar-refractivity contribution in [3.63, 3.8) is 0 Å². The largest absolute Gasteiger partial charge is 0.389 e. The van der Waals surface area contributed by atoms with E-state index in [1.807, 2.05) is 6.07 Å². The Labute approximate surface area is 128 Å².